The van der Waals surface area contributed by atoms with Crippen LogP contribution in [0.15, 0.2) is 58.3 Å². The van der Waals surface area contributed by atoms with E-state index in [2.05, 4.69) is 5.32 Å². The average molecular weight is 379 g/mol. The summed E-state index contributed by atoms with van der Waals surface area (Å²) in [5.41, 5.74) is 1.74. The Morgan fingerprint density at radius 3 is 2.12 bits per heavy atom. The molecule has 0 aliphatic rings. The summed E-state index contributed by atoms with van der Waals surface area (Å²) in [5.74, 6) is -0.131. The van der Waals surface area contributed by atoms with Gasteiger partial charge < -0.3 is 5.32 Å². The monoisotopic (exact) mass is 378 g/mol. The first kappa shape index (κ1) is 19.5. The summed E-state index contributed by atoms with van der Waals surface area (Å²) >= 11 is 1.48. The molecule has 0 aromatic heterocycles. The van der Waals surface area contributed by atoms with Gasteiger partial charge in [0.15, 0.2) is 0 Å². The van der Waals surface area contributed by atoms with Crippen molar-refractivity contribution in [3.8, 4) is 0 Å². The molecule has 0 fully saturated rings. The molecule has 1 unspecified atom stereocenters. The van der Waals surface area contributed by atoms with Crippen LogP contribution in [0.1, 0.15) is 12.5 Å². The molecule has 0 bridgehead atoms. The Hall–Kier alpha value is -1.83. The number of nitrogens with one attached hydrogen (secondary N) is 1. The number of aryl methyl sites for hydroxylation is 1. The van der Waals surface area contributed by atoms with Crippen LogP contribution in [0.25, 0.3) is 0 Å². The number of thioether (sulfide) groups is 1. The zero-order valence-corrected chi connectivity index (χ0v) is 16.3. The third-order valence-electron chi connectivity index (χ3n) is 3.60. The van der Waals surface area contributed by atoms with Crippen molar-refractivity contribution in [2.24, 2.45) is 0 Å². The summed E-state index contributed by atoms with van der Waals surface area (Å²) in [6.45, 7) is 3.86. The highest BCUT2D eigenvalue weighted by Gasteiger charge is 2.18. The Balaban J connectivity index is 2.01. The van der Waals surface area contributed by atoms with E-state index in [-0.39, 0.29) is 16.1 Å². The van der Waals surface area contributed by atoms with Gasteiger partial charge in [-0.2, -0.15) is 0 Å². The van der Waals surface area contributed by atoms with Gasteiger partial charge in [-0.15, -0.1) is 11.8 Å². The maximum atomic E-state index is 12.3. The largest absolute Gasteiger partial charge is 0.325 e. The van der Waals surface area contributed by atoms with Crippen LogP contribution in [0.3, 0.4) is 0 Å². The fourth-order valence-corrected chi connectivity index (χ4v) is 3.81. The van der Waals surface area contributed by atoms with E-state index in [1.165, 1.54) is 43.6 Å². The molecule has 1 N–H and O–H groups in total. The van der Waals surface area contributed by atoms with Gasteiger partial charge in [-0.25, -0.2) is 12.7 Å². The second kappa shape index (κ2) is 8.03. The summed E-state index contributed by atoms with van der Waals surface area (Å²) in [6, 6.07) is 14.2. The number of sulfonamides is 1. The van der Waals surface area contributed by atoms with E-state index in [1.807, 2.05) is 38.1 Å². The molecule has 0 saturated heterocycles. The summed E-state index contributed by atoms with van der Waals surface area (Å²) in [4.78, 5) is 13.5. The Labute approximate surface area is 153 Å². The number of amides is 1. The molecular weight excluding hydrogens is 356 g/mol. The van der Waals surface area contributed by atoms with Gasteiger partial charge >= 0.3 is 0 Å². The summed E-state index contributed by atoms with van der Waals surface area (Å²) in [5, 5.41) is 2.54. The number of nitrogens with zero attached hydrogens (tertiary/aromatic N) is 1. The lowest BCUT2D eigenvalue weighted by Gasteiger charge is -2.14. The molecule has 5 nitrogen and oxygen atoms in total. The standard InChI is InChI=1S/C18H22N2O3S2/c1-13-5-9-16(10-6-13)24-14(2)18(21)19-15-7-11-17(12-8-15)25(22,23)20(3)4/h5-12,14H,1-4H3,(H,19,21). The molecule has 1 amide bonds. The highest BCUT2D eigenvalue weighted by molar-refractivity contribution is 8.00. The first-order valence-electron chi connectivity index (χ1n) is 7.77. The number of hydrogen-bond donors (Lipinski definition) is 1. The molecular formula is C18H22N2O3S2. The van der Waals surface area contributed by atoms with Crippen LogP contribution in [0.5, 0.6) is 0 Å². The van der Waals surface area contributed by atoms with Crippen molar-refractivity contribution >= 4 is 33.4 Å². The molecule has 2 aromatic rings. The van der Waals surface area contributed by atoms with Crippen LogP contribution >= 0.6 is 11.8 Å². The fraction of sp³-hybridized carbons (Fsp3) is 0.278. The lowest BCUT2D eigenvalue weighted by atomic mass is 10.2. The Morgan fingerprint density at radius 1 is 1.04 bits per heavy atom. The molecule has 7 heteroatoms. The predicted octanol–water partition coefficient (Wildman–Crippen LogP) is 3.36. The molecule has 0 aliphatic heterocycles. The topological polar surface area (TPSA) is 66.5 Å². The number of carbonyl (C=O) groups is 1. The smallest absolute Gasteiger partial charge is 0.242 e. The second-order valence-electron chi connectivity index (χ2n) is 5.87. The van der Waals surface area contributed by atoms with Crippen molar-refractivity contribution in [3.05, 3.63) is 54.1 Å². The van der Waals surface area contributed by atoms with Crippen molar-refractivity contribution in [1.82, 2.24) is 4.31 Å². The lowest BCUT2D eigenvalue weighted by molar-refractivity contribution is -0.115. The molecule has 134 valence electrons. The molecule has 25 heavy (non-hydrogen) atoms. The van der Waals surface area contributed by atoms with Crippen molar-refractivity contribution in [1.29, 1.82) is 0 Å². The SMILES string of the molecule is Cc1ccc(SC(C)C(=O)Nc2ccc(S(=O)(=O)N(C)C)cc2)cc1. The molecule has 2 aromatic carbocycles. The maximum Gasteiger partial charge on any atom is 0.242 e. The number of benzene rings is 2. The van der Waals surface area contributed by atoms with Crippen LogP contribution < -0.4 is 5.32 Å². The van der Waals surface area contributed by atoms with E-state index in [1.54, 1.807) is 12.1 Å². The molecule has 0 radical (unpaired) electrons. The van der Waals surface area contributed by atoms with E-state index in [0.717, 1.165) is 9.20 Å². The molecule has 2 rings (SSSR count). The fourth-order valence-electron chi connectivity index (χ4n) is 2.04. The summed E-state index contributed by atoms with van der Waals surface area (Å²) < 4.78 is 25.2. The van der Waals surface area contributed by atoms with E-state index < -0.39 is 10.0 Å². The minimum absolute atomic E-state index is 0.131. The van der Waals surface area contributed by atoms with Crippen molar-refractivity contribution in [2.75, 3.05) is 19.4 Å². The van der Waals surface area contributed by atoms with Crippen LogP contribution in [0.2, 0.25) is 0 Å². The Morgan fingerprint density at radius 2 is 1.60 bits per heavy atom. The van der Waals surface area contributed by atoms with Crippen molar-refractivity contribution < 1.29 is 13.2 Å². The molecule has 0 saturated carbocycles. The summed E-state index contributed by atoms with van der Waals surface area (Å²) in [6.07, 6.45) is 0. The van der Waals surface area contributed by atoms with Gasteiger partial charge in [-0.1, -0.05) is 17.7 Å². The Bertz CT molecular complexity index is 830. The van der Waals surface area contributed by atoms with Crippen molar-refractivity contribution in [2.45, 2.75) is 28.9 Å². The third kappa shape index (κ3) is 5.07. The predicted molar refractivity (Wildman–Crippen MR) is 102 cm³/mol. The second-order valence-corrected chi connectivity index (χ2v) is 9.44. The Kier molecular flexibility index (Phi) is 6.26. The zero-order valence-electron chi connectivity index (χ0n) is 14.7. The van der Waals surface area contributed by atoms with Crippen LogP contribution in [0.4, 0.5) is 5.69 Å². The van der Waals surface area contributed by atoms with Gasteiger partial charge in [0.1, 0.15) is 0 Å². The first-order valence-corrected chi connectivity index (χ1v) is 10.1. The highest BCUT2D eigenvalue weighted by Crippen LogP contribution is 2.25. The number of rotatable bonds is 6. The zero-order chi connectivity index (χ0) is 18.6. The lowest BCUT2D eigenvalue weighted by Crippen LogP contribution is -2.23. The molecule has 1 atom stereocenters. The minimum atomic E-state index is -3.47. The van der Waals surface area contributed by atoms with E-state index >= 15 is 0 Å². The number of hydrogen-bond acceptors (Lipinski definition) is 4. The van der Waals surface area contributed by atoms with Gasteiger partial charge in [0, 0.05) is 24.7 Å². The van der Waals surface area contributed by atoms with E-state index in [9.17, 15) is 13.2 Å². The van der Waals surface area contributed by atoms with Crippen LogP contribution in [0, 0.1) is 6.92 Å². The van der Waals surface area contributed by atoms with Gasteiger partial charge in [-0.3, -0.25) is 4.79 Å². The third-order valence-corrected chi connectivity index (χ3v) is 6.54. The maximum absolute atomic E-state index is 12.3. The van der Waals surface area contributed by atoms with E-state index in [4.69, 9.17) is 0 Å². The quantitative estimate of drug-likeness (QED) is 0.783. The van der Waals surface area contributed by atoms with Crippen LogP contribution in [-0.2, 0) is 14.8 Å². The minimum Gasteiger partial charge on any atom is -0.325 e. The normalized spacial score (nSPS) is 12.8. The van der Waals surface area contributed by atoms with Gasteiger partial charge in [0.05, 0.1) is 10.1 Å². The molecule has 0 aliphatic carbocycles. The number of anilines is 1. The van der Waals surface area contributed by atoms with Gasteiger partial charge in [0.2, 0.25) is 15.9 Å². The van der Waals surface area contributed by atoms with Crippen molar-refractivity contribution in [3.63, 3.8) is 0 Å². The summed E-state index contributed by atoms with van der Waals surface area (Å²) in [7, 11) is -0.504. The first-order chi connectivity index (χ1) is 11.7. The highest BCUT2D eigenvalue weighted by atomic mass is 32.2. The van der Waals surface area contributed by atoms with Gasteiger partial charge in [0.25, 0.3) is 0 Å². The average Bonchev–Trinajstić information content (AvgIpc) is 2.57. The van der Waals surface area contributed by atoms with E-state index in [0.29, 0.717) is 5.69 Å². The van der Waals surface area contributed by atoms with Gasteiger partial charge in [-0.05, 0) is 50.2 Å². The van der Waals surface area contributed by atoms with Crippen LogP contribution in [-0.4, -0.2) is 38.0 Å². The molecule has 0 heterocycles. The number of carbonyl (C=O) groups excluding carboxylic acids is 1. The molecule has 0 spiro atoms.